The van der Waals surface area contributed by atoms with Crippen LogP contribution in [0.1, 0.15) is 18.9 Å². The summed E-state index contributed by atoms with van der Waals surface area (Å²) in [4.78, 5) is 12.1. The Balaban J connectivity index is 1.82. The summed E-state index contributed by atoms with van der Waals surface area (Å²) in [5, 5.41) is 4.56. The first-order valence-electron chi connectivity index (χ1n) is 7.72. The number of thiophene rings is 1. The highest BCUT2D eigenvalue weighted by molar-refractivity contribution is 7.91. The Labute approximate surface area is 147 Å². The van der Waals surface area contributed by atoms with E-state index in [0.717, 1.165) is 28.5 Å². The minimum absolute atomic E-state index is 0.0180. The van der Waals surface area contributed by atoms with Gasteiger partial charge in [0.25, 0.3) is 10.0 Å². The normalized spacial score (nSPS) is 13.0. The molecule has 0 bridgehead atoms. The van der Waals surface area contributed by atoms with Crippen LogP contribution in [0.3, 0.4) is 0 Å². The lowest BCUT2D eigenvalue weighted by atomic mass is 10.1. The van der Waals surface area contributed by atoms with Crippen molar-refractivity contribution < 1.29 is 13.2 Å². The third kappa shape index (κ3) is 5.15. The summed E-state index contributed by atoms with van der Waals surface area (Å²) in [6.45, 7) is 1.74. The van der Waals surface area contributed by atoms with Crippen LogP contribution in [0.15, 0.2) is 52.1 Å². The van der Waals surface area contributed by atoms with E-state index in [-0.39, 0.29) is 22.7 Å². The van der Waals surface area contributed by atoms with Gasteiger partial charge in [-0.2, -0.15) is 4.31 Å². The van der Waals surface area contributed by atoms with E-state index >= 15 is 0 Å². The molecule has 0 aliphatic rings. The van der Waals surface area contributed by atoms with Crippen LogP contribution >= 0.6 is 11.3 Å². The van der Waals surface area contributed by atoms with Gasteiger partial charge >= 0.3 is 0 Å². The minimum Gasteiger partial charge on any atom is -0.352 e. The molecule has 1 aromatic heterocycles. The van der Waals surface area contributed by atoms with Gasteiger partial charge in [0, 0.05) is 13.1 Å². The average molecular weight is 367 g/mol. The van der Waals surface area contributed by atoms with Crippen LogP contribution in [0.25, 0.3) is 0 Å². The molecule has 24 heavy (non-hydrogen) atoms. The Bertz CT molecular complexity index is 743. The predicted octanol–water partition coefficient (Wildman–Crippen LogP) is 2.51. The Morgan fingerprint density at radius 1 is 1.21 bits per heavy atom. The molecule has 5 nitrogen and oxygen atoms in total. The average Bonchev–Trinajstić information content (AvgIpc) is 3.09. The molecule has 0 aliphatic carbocycles. The SMILES string of the molecule is C[C@@H](CCc1ccccc1)NC(=O)CN(C)S(=O)(=O)c1cccs1. The second-order valence-corrected chi connectivity index (χ2v) is 8.91. The molecule has 0 spiro atoms. The van der Waals surface area contributed by atoms with E-state index < -0.39 is 10.0 Å². The molecule has 1 aromatic carbocycles. The van der Waals surface area contributed by atoms with Crippen LogP contribution in [0.5, 0.6) is 0 Å². The Morgan fingerprint density at radius 3 is 2.54 bits per heavy atom. The quantitative estimate of drug-likeness (QED) is 0.781. The van der Waals surface area contributed by atoms with Crippen LogP contribution in [0, 0.1) is 0 Å². The Kier molecular flexibility index (Phi) is 6.53. The number of carbonyl (C=O) groups excluding carboxylic acids is 1. The molecular formula is C17H22N2O3S2. The van der Waals surface area contributed by atoms with Gasteiger partial charge in [-0.3, -0.25) is 4.79 Å². The molecule has 2 rings (SSSR count). The lowest BCUT2D eigenvalue weighted by Crippen LogP contribution is -2.41. The molecule has 1 atom stereocenters. The highest BCUT2D eigenvalue weighted by Crippen LogP contribution is 2.19. The summed E-state index contributed by atoms with van der Waals surface area (Å²) < 4.78 is 25.9. The van der Waals surface area contributed by atoms with Crippen molar-refractivity contribution in [2.45, 2.75) is 30.0 Å². The maximum Gasteiger partial charge on any atom is 0.252 e. The van der Waals surface area contributed by atoms with Gasteiger partial charge in [-0.15, -0.1) is 11.3 Å². The van der Waals surface area contributed by atoms with Gasteiger partial charge in [-0.1, -0.05) is 36.4 Å². The number of likely N-dealkylation sites (N-methyl/N-ethyl adjacent to an activating group) is 1. The monoisotopic (exact) mass is 366 g/mol. The minimum atomic E-state index is -3.59. The van der Waals surface area contributed by atoms with Crippen molar-refractivity contribution in [3.8, 4) is 0 Å². The van der Waals surface area contributed by atoms with Gasteiger partial charge in [-0.05, 0) is 36.8 Å². The first-order valence-corrected chi connectivity index (χ1v) is 10.0. The summed E-state index contributed by atoms with van der Waals surface area (Å²) in [7, 11) is -2.17. The largest absolute Gasteiger partial charge is 0.352 e. The second kappa shape index (κ2) is 8.41. The molecule has 0 fully saturated rings. The molecule has 7 heteroatoms. The third-order valence-corrected chi connectivity index (χ3v) is 6.82. The molecule has 130 valence electrons. The summed E-state index contributed by atoms with van der Waals surface area (Å²) >= 11 is 1.14. The molecule has 2 aromatic rings. The molecule has 0 aliphatic heterocycles. The maximum absolute atomic E-state index is 12.3. The molecule has 0 saturated heterocycles. The zero-order chi connectivity index (χ0) is 17.6. The van der Waals surface area contributed by atoms with Gasteiger partial charge in [-0.25, -0.2) is 8.42 Å². The highest BCUT2D eigenvalue weighted by atomic mass is 32.2. The lowest BCUT2D eigenvalue weighted by Gasteiger charge is -2.18. The molecule has 0 radical (unpaired) electrons. The van der Waals surface area contributed by atoms with Crippen molar-refractivity contribution in [2.24, 2.45) is 0 Å². The first kappa shape index (κ1) is 18.6. The number of hydrogen-bond acceptors (Lipinski definition) is 4. The van der Waals surface area contributed by atoms with Gasteiger partial charge < -0.3 is 5.32 Å². The number of rotatable bonds is 8. The van der Waals surface area contributed by atoms with Crippen molar-refractivity contribution in [3.05, 3.63) is 53.4 Å². The molecule has 1 N–H and O–H groups in total. The second-order valence-electron chi connectivity index (χ2n) is 5.69. The van der Waals surface area contributed by atoms with Gasteiger partial charge in [0.15, 0.2) is 0 Å². The van der Waals surface area contributed by atoms with E-state index in [0.29, 0.717) is 0 Å². The van der Waals surface area contributed by atoms with E-state index in [2.05, 4.69) is 17.4 Å². The maximum atomic E-state index is 12.3. The van der Waals surface area contributed by atoms with Crippen LogP contribution in [0.2, 0.25) is 0 Å². The number of hydrogen-bond donors (Lipinski definition) is 1. The first-order chi connectivity index (χ1) is 11.4. The van der Waals surface area contributed by atoms with Gasteiger partial charge in [0.1, 0.15) is 4.21 Å². The number of amides is 1. The number of carbonyl (C=O) groups is 1. The van der Waals surface area contributed by atoms with Crippen LogP contribution in [-0.4, -0.2) is 38.3 Å². The van der Waals surface area contributed by atoms with E-state index in [1.165, 1.54) is 18.7 Å². The molecule has 0 unspecified atom stereocenters. The van der Waals surface area contributed by atoms with Crippen LogP contribution in [-0.2, 0) is 21.2 Å². The van der Waals surface area contributed by atoms with Crippen molar-refractivity contribution in [3.63, 3.8) is 0 Å². The fourth-order valence-corrected chi connectivity index (χ4v) is 4.60. The van der Waals surface area contributed by atoms with E-state index in [9.17, 15) is 13.2 Å². The zero-order valence-electron chi connectivity index (χ0n) is 13.8. The zero-order valence-corrected chi connectivity index (χ0v) is 15.4. The summed E-state index contributed by atoms with van der Waals surface area (Å²) in [6.07, 6.45) is 1.67. The number of sulfonamides is 1. The summed E-state index contributed by atoms with van der Waals surface area (Å²) in [5.41, 5.74) is 1.22. The number of nitrogens with zero attached hydrogens (tertiary/aromatic N) is 1. The van der Waals surface area contributed by atoms with Crippen molar-refractivity contribution in [1.82, 2.24) is 9.62 Å². The van der Waals surface area contributed by atoms with Crippen LogP contribution in [0.4, 0.5) is 0 Å². The number of nitrogens with one attached hydrogen (secondary N) is 1. The van der Waals surface area contributed by atoms with Crippen molar-refractivity contribution in [2.75, 3.05) is 13.6 Å². The van der Waals surface area contributed by atoms with Gasteiger partial charge in [0.2, 0.25) is 5.91 Å². The number of benzene rings is 1. The predicted molar refractivity (Wildman–Crippen MR) is 96.5 cm³/mol. The Hall–Kier alpha value is -1.70. The number of aryl methyl sites for hydroxylation is 1. The van der Waals surface area contributed by atoms with E-state index in [1.54, 1.807) is 11.4 Å². The van der Waals surface area contributed by atoms with Crippen molar-refractivity contribution in [1.29, 1.82) is 0 Å². The molecule has 0 saturated carbocycles. The summed E-state index contributed by atoms with van der Waals surface area (Å²) in [6, 6.07) is 13.3. The van der Waals surface area contributed by atoms with Gasteiger partial charge in [0.05, 0.1) is 6.54 Å². The lowest BCUT2D eigenvalue weighted by molar-refractivity contribution is -0.121. The van der Waals surface area contributed by atoms with Crippen LogP contribution < -0.4 is 5.32 Å². The topological polar surface area (TPSA) is 66.5 Å². The van der Waals surface area contributed by atoms with Crippen molar-refractivity contribution >= 4 is 27.3 Å². The molecular weight excluding hydrogens is 344 g/mol. The molecule has 1 heterocycles. The smallest absolute Gasteiger partial charge is 0.252 e. The fourth-order valence-electron chi connectivity index (χ4n) is 2.27. The fraction of sp³-hybridized carbons (Fsp3) is 0.353. The molecule has 1 amide bonds. The standard InChI is InChI=1S/C17H22N2O3S2/c1-14(10-11-15-7-4-3-5-8-15)18-16(20)13-19(2)24(21,22)17-9-6-12-23-17/h3-9,12,14H,10-11,13H2,1-2H3,(H,18,20)/t14-/m0/s1. The highest BCUT2D eigenvalue weighted by Gasteiger charge is 2.24. The Morgan fingerprint density at radius 2 is 1.92 bits per heavy atom. The third-order valence-electron chi connectivity index (χ3n) is 3.64. The summed E-state index contributed by atoms with van der Waals surface area (Å²) in [5.74, 6) is -0.293. The van der Waals surface area contributed by atoms with E-state index in [1.807, 2.05) is 25.1 Å². The van der Waals surface area contributed by atoms with E-state index in [4.69, 9.17) is 0 Å².